The molecule has 2 heterocycles. The Bertz CT molecular complexity index is 1600. The molecule has 0 radical (unpaired) electrons. The zero-order valence-corrected chi connectivity index (χ0v) is 24.4. The Morgan fingerprint density at radius 1 is 0.902 bits per heavy atom. The van der Waals surface area contributed by atoms with Gasteiger partial charge in [-0.2, -0.15) is 0 Å². The summed E-state index contributed by atoms with van der Waals surface area (Å²) in [4.78, 5) is 21.1. The Morgan fingerprint density at radius 2 is 1.51 bits per heavy atom. The van der Waals surface area contributed by atoms with Crippen molar-refractivity contribution in [2.45, 2.75) is 46.6 Å². The van der Waals surface area contributed by atoms with E-state index in [2.05, 4.69) is 23.8 Å². The highest BCUT2D eigenvalue weighted by Gasteiger charge is 2.20. The molecule has 8 heteroatoms. The van der Waals surface area contributed by atoms with E-state index in [1.54, 1.807) is 65.5 Å². The van der Waals surface area contributed by atoms with Crippen LogP contribution in [-0.2, 0) is 6.42 Å². The van der Waals surface area contributed by atoms with Crippen molar-refractivity contribution in [1.29, 1.82) is 0 Å². The molecule has 0 bridgehead atoms. The highest BCUT2D eigenvalue weighted by molar-refractivity contribution is 6.31. The number of imidazole rings is 1. The zero-order valence-electron chi connectivity index (χ0n) is 23.7. The molecule has 0 saturated heterocycles. The predicted octanol–water partition coefficient (Wildman–Crippen LogP) is 8.69. The van der Waals surface area contributed by atoms with Gasteiger partial charge in [-0.3, -0.25) is 4.79 Å². The van der Waals surface area contributed by atoms with E-state index in [4.69, 9.17) is 17.3 Å². The van der Waals surface area contributed by atoms with E-state index in [1.807, 2.05) is 13.8 Å². The number of aromatic amines is 1. The summed E-state index contributed by atoms with van der Waals surface area (Å²) in [5.41, 5.74) is 9.93. The minimum atomic E-state index is -0.511. The number of nitrogens with zero attached hydrogens (tertiary/aromatic N) is 2. The molecule has 41 heavy (non-hydrogen) atoms. The number of H-pyrrole nitrogens is 1. The molecule has 0 fully saturated rings. The molecule has 5 nitrogen and oxygen atoms in total. The number of nitrogens with two attached hydrogens (primary N) is 1. The number of rotatable bonds is 6. The van der Waals surface area contributed by atoms with Crippen molar-refractivity contribution in [3.8, 4) is 22.4 Å². The van der Waals surface area contributed by atoms with Gasteiger partial charge in [-0.05, 0) is 77.4 Å². The number of aromatic nitrogens is 3. The van der Waals surface area contributed by atoms with Crippen LogP contribution in [0.5, 0.6) is 0 Å². The Morgan fingerprint density at radius 3 is 2.12 bits per heavy atom. The van der Waals surface area contributed by atoms with E-state index in [0.29, 0.717) is 39.8 Å². The van der Waals surface area contributed by atoms with Crippen LogP contribution < -0.4 is 11.3 Å². The first kappa shape index (κ1) is 31.3. The van der Waals surface area contributed by atoms with Gasteiger partial charge in [-0.15, -0.1) is 0 Å². The number of nitrogen functional groups attached to an aromatic ring is 1. The first-order chi connectivity index (χ1) is 19.8. The molecule has 2 aromatic heterocycles. The fourth-order valence-corrected chi connectivity index (χ4v) is 4.32. The number of pyridine rings is 1. The largest absolute Gasteiger partial charge is 0.398 e. The van der Waals surface area contributed by atoms with Crippen molar-refractivity contribution >= 4 is 17.3 Å². The number of nitrogens with one attached hydrogen (secondary N) is 1. The molecule has 3 N–H and O–H groups in total. The quantitative estimate of drug-likeness (QED) is 0.198. The second-order valence-electron chi connectivity index (χ2n) is 9.13. The van der Waals surface area contributed by atoms with Gasteiger partial charge in [0.25, 0.3) is 5.56 Å². The molecule has 0 aliphatic carbocycles. The van der Waals surface area contributed by atoms with Crippen LogP contribution in [0.4, 0.5) is 14.5 Å². The molecule has 0 aliphatic heterocycles. The minimum Gasteiger partial charge on any atom is -0.398 e. The number of hydrogen-bond donors (Lipinski definition) is 2. The summed E-state index contributed by atoms with van der Waals surface area (Å²) in [5.74, 6) is -0.136. The fourth-order valence-electron chi connectivity index (χ4n) is 4.15. The first-order valence-electron chi connectivity index (χ1n) is 13.6. The van der Waals surface area contributed by atoms with Crippen LogP contribution in [-0.4, -0.2) is 14.5 Å². The molecule has 3 aromatic carbocycles. The van der Waals surface area contributed by atoms with Crippen LogP contribution in [0.2, 0.25) is 5.02 Å². The lowest BCUT2D eigenvalue weighted by Crippen LogP contribution is -2.27. The van der Waals surface area contributed by atoms with Crippen molar-refractivity contribution in [2.75, 3.05) is 5.73 Å². The highest BCUT2D eigenvalue weighted by atomic mass is 35.5. The Labute approximate surface area is 244 Å². The molecule has 0 spiro atoms. The summed E-state index contributed by atoms with van der Waals surface area (Å²) in [6.07, 6.45) is 4.97. The fraction of sp³-hybridized carbons (Fsp3) is 0.212. The van der Waals surface area contributed by atoms with E-state index >= 15 is 0 Å². The van der Waals surface area contributed by atoms with Gasteiger partial charge in [0.05, 0.1) is 17.9 Å². The van der Waals surface area contributed by atoms with Gasteiger partial charge >= 0.3 is 0 Å². The number of anilines is 1. The van der Waals surface area contributed by atoms with Crippen LogP contribution >= 0.6 is 11.6 Å². The normalized spacial score (nSPS) is 11.1. The lowest BCUT2D eigenvalue weighted by atomic mass is 10.0. The van der Waals surface area contributed by atoms with Gasteiger partial charge < -0.3 is 15.3 Å². The zero-order chi connectivity index (χ0) is 29.9. The maximum Gasteiger partial charge on any atom is 0.251 e. The van der Waals surface area contributed by atoms with Gasteiger partial charge in [0, 0.05) is 35.0 Å². The number of halogens is 3. The third-order valence-corrected chi connectivity index (χ3v) is 6.25. The third kappa shape index (κ3) is 8.14. The minimum absolute atomic E-state index is 0.265. The Balaban J connectivity index is 0.000000868. The predicted molar refractivity (Wildman–Crippen MR) is 165 cm³/mol. The number of hydrogen-bond acceptors (Lipinski definition) is 3. The maximum atomic E-state index is 13.5. The summed E-state index contributed by atoms with van der Waals surface area (Å²) in [6, 6.07) is 20.1. The molecule has 1 atom stereocenters. The lowest BCUT2D eigenvalue weighted by molar-refractivity contribution is 0.536. The monoisotopic (exact) mass is 576 g/mol. The Hall–Kier alpha value is -4.23. The topological polar surface area (TPSA) is 76.7 Å². The average molecular weight is 577 g/mol. The molecule has 0 aliphatic rings. The van der Waals surface area contributed by atoms with E-state index in [0.717, 1.165) is 11.1 Å². The molecular weight excluding hydrogens is 542 g/mol. The van der Waals surface area contributed by atoms with Crippen molar-refractivity contribution in [2.24, 2.45) is 0 Å². The van der Waals surface area contributed by atoms with Crippen molar-refractivity contribution < 1.29 is 8.78 Å². The van der Waals surface area contributed by atoms with E-state index in [-0.39, 0.29) is 17.2 Å². The average Bonchev–Trinajstić information content (AvgIpc) is 3.46. The molecule has 214 valence electrons. The van der Waals surface area contributed by atoms with Crippen molar-refractivity contribution in [3.63, 3.8) is 0 Å². The van der Waals surface area contributed by atoms with Gasteiger partial charge in [0.1, 0.15) is 17.5 Å². The smallest absolute Gasteiger partial charge is 0.251 e. The first-order valence-corrected chi connectivity index (χ1v) is 14.0. The van der Waals surface area contributed by atoms with Crippen LogP contribution in [0.1, 0.15) is 51.5 Å². The van der Waals surface area contributed by atoms with E-state index in [1.165, 1.54) is 36.8 Å². The van der Waals surface area contributed by atoms with E-state index < -0.39 is 6.04 Å². The van der Waals surface area contributed by atoms with Crippen molar-refractivity contribution in [1.82, 2.24) is 14.5 Å². The van der Waals surface area contributed by atoms with Gasteiger partial charge in [-0.1, -0.05) is 57.8 Å². The van der Waals surface area contributed by atoms with Crippen LogP contribution in [0, 0.1) is 11.6 Å². The Kier molecular flexibility index (Phi) is 11.4. The summed E-state index contributed by atoms with van der Waals surface area (Å²) >= 11 is 6.13. The molecule has 5 rings (SSSR count). The van der Waals surface area contributed by atoms with Crippen molar-refractivity contribution in [3.05, 3.63) is 130 Å². The number of benzene rings is 3. The van der Waals surface area contributed by atoms with Gasteiger partial charge in [0.15, 0.2) is 0 Å². The lowest BCUT2D eigenvalue weighted by Gasteiger charge is -2.19. The molecule has 0 saturated carbocycles. The summed E-state index contributed by atoms with van der Waals surface area (Å²) in [7, 11) is 0. The molecular formula is C33H35ClF2N4O. The van der Waals surface area contributed by atoms with Crippen LogP contribution in [0.25, 0.3) is 22.4 Å². The second kappa shape index (κ2) is 15.0. The maximum absolute atomic E-state index is 13.5. The highest BCUT2D eigenvalue weighted by Crippen LogP contribution is 2.29. The molecule has 5 aromatic rings. The second-order valence-corrected chi connectivity index (χ2v) is 9.57. The molecule has 1 unspecified atom stereocenters. The summed E-state index contributed by atoms with van der Waals surface area (Å²) in [6.45, 7) is 8.25. The SMILES string of the molecule is CC.CCC.Nc1ccc(Cl)cc1-c1ccn(C(Cc2ccc(F)cc2)c2ncc(-c3ccc(F)cc3)[nH]2)c(=O)c1. The van der Waals surface area contributed by atoms with E-state index in [9.17, 15) is 13.6 Å². The van der Waals surface area contributed by atoms with Gasteiger partial charge in [-0.25, -0.2) is 13.8 Å². The summed E-state index contributed by atoms with van der Waals surface area (Å²) in [5, 5.41) is 0.515. The third-order valence-electron chi connectivity index (χ3n) is 6.02. The van der Waals surface area contributed by atoms with Gasteiger partial charge in [0.2, 0.25) is 0 Å². The van der Waals surface area contributed by atoms with Crippen LogP contribution in [0.3, 0.4) is 0 Å². The molecule has 0 amide bonds. The van der Waals surface area contributed by atoms with Crippen LogP contribution in [0.15, 0.2) is 96.1 Å². The standard InChI is InChI=1S/C28H21ClF2N4O.C3H8.C2H6/c29-20-5-10-24(32)23(15-20)19-11-12-35(27(36)14-19)26(13-17-1-6-21(30)7-2-17)28-33-16-25(34-28)18-3-8-22(31)9-4-18;1-3-2;1-2/h1-12,14-16,26H,13,32H2,(H,33,34);3H2,1-2H3;1-2H3. The summed E-state index contributed by atoms with van der Waals surface area (Å²) < 4.78 is 28.4.